The zero-order valence-corrected chi connectivity index (χ0v) is 13.3. The van der Waals surface area contributed by atoms with Crippen LogP contribution in [0.25, 0.3) is 0 Å². The van der Waals surface area contributed by atoms with E-state index in [1.165, 1.54) is 0 Å². The topological polar surface area (TPSA) is 3.24 Å². The van der Waals surface area contributed by atoms with Gasteiger partial charge < -0.3 is 17.8 Å². The van der Waals surface area contributed by atoms with Crippen molar-refractivity contribution in [1.29, 1.82) is 0 Å². The molecule has 0 aliphatic rings. The maximum absolute atomic E-state index is 12.3. The van der Waals surface area contributed by atoms with E-state index in [2.05, 4.69) is 6.58 Å². The molecule has 1 aromatic carbocycles. The van der Waals surface area contributed by atoms with Crippen molar-refractivity contribution in [3.8, 4) is 0 Å². The van der Waals surface area contributed by atoms with Gasteiger partial charge in [-0.2, -0.15) is 0 Å². The Hall–Kier alpha value is 0.411. The number of hydrogen-bond donors (Lipinski definition) is 0. The standard InChI is InChI=1S/C11H14BF3N.K/c1-10(12(13,14)15)8-16(2)9-11-6-4-3-5-7-11;/h3-7H,1,8-9H2,2H3;/q-1;. The molecule has 0 saturated carbocycles. The van der Waals surface area contributed by atoms with Crippen molar-refractivity contribution in [1.82, 2.24) is 4.90 Å². The Balaban J connectivity index is 0.00000256. The fourth-order valence-corrected chi connectivity index (χ4v) is 1.40. The summed E-state index contributed by atoms with van der Waals surface area (Å²) in [6, 6.07) is 9.38. The van der Waals surface area contributed by atoms with E-state index in [1.807, 2.05) is 30.3 Å². The van der Waals surface area contributed by atoms with Crippen molar-refractivity contribution in [3.63, 3.8) is 0 Å². The van der Waals surface area contributed by atoms with Crippen LogP contribution in [0.5, 0.6) is 0 Å². The molecule has 0 fully saturated rings. The Labute approximate surface area is 143 Å². The molecule has 0 aliphatic carbocycles. The molecular formula is C11H14BF3KN-. The first kappa shape index (κ1) is 17.4. The van der Waals surface area contributed by atoms with E-state index < -0.39 is 12.4 Å². The van der Waals surface area contributed by atoms with Gasteiger partial charge in [-0.15, -0.1) is 12.1 Å². The number of hydrogen-bond acceptors (Lipinski definition) is 1. The summed E-state index contributed by atoms with van der Waals surface area (Å²) in [6.45, 7) is -1.50. The fraction of sp³-hybridized carbons (Fsp3) is 0.273. The summed E-state index contributed by atoms with van der Waals surface area (Å²) in [5.41, 5.74) is 0.339. The van der Waals surface area contributed by atoms with E-state index in [0.29, 0.717) is 6.54 Å². The van der Waals surface area contributed by atoms with E-state index in [4.69, 9.17) is 0 Å². The summed E-state index contributed by atoms with van der Waals surface area (Å²) in [5, 5.41) is 0. The second kappa shape index (κ2) is 7.76. The molecule has 0 aromatic heterocycles. The van der Waals surface area contributed by atoms with Crippen LogP contribution in [-0.4, -0.2) is 76.9 Å². The Bertz CT molecular complexity index is 353. The third-order valence-electron chi connectivity index (χ3n) is 2.23. The summed E-state index contributed by atoms with van der Waals surface area (Å²) < 4.78 is 36.9. The second-order valence-electron chi connectivity index (χ2n) is 3.89. The van der Waals surface area contributed by atoms with Crippen LogP contribution in [0.1, 0.15) is 5.56 Å². The fourth-order valence-electron chi connectivity index (χ4n) is 1.40. The molecule has 0 N–H and O–H groups in total. The maximum Gasteiger partial charge on any atom is 0.506 e. The molecule has 0 spiro atoms. The molecule has 0 amide bonds. The van der Waals surface area contributed by atoms with Gasteiger partial charge in [0.2, 0.25) is 0 Å². The van der Waals surface area contributed by atoms with Gasteiger partial charge >= 0.3 is 6.98 Å². The van der Waals surface area contributed by atoms with Crippen LogP contribution in [0.2, 0.25) is 0 Å². The maximum atomic E-state index is 12.3. The van der Waals surface area contributed by atoms with Crippen molar-refractivity contribution in [2.24, 2.45) is 0 Å². The molecule has 1 radical (unpaired) electrons. The van der Waals surface area contributed by atoms with E-state index >= 15 is 0 Å². The first-order valence-electron chi connectivity index (χ1n) is 4.99. The summed E-state index contributed by atoms with van der Waals surface area (Å²) in [6.07, 6.45) is 0. The van der Waals surface area contributed by atoms with Crippen molar-refractivity contribution in [2.45, 2.75) is 6.54 Å². The van der Waals surface area contributed by atoms with Gasteiger partial charge in [-0.1, -0.05) is 30.3 Å². The quantitative estimate of drug-likeness (QED) is 0.741. The van der Waals surface area contributed by atoms with Crippen LogP contribution in [-0.2, 0) is 6.54 Å². The number of halogens is 3. The van der Waals surface area contributed by atoms with Crippen molar-refractivity contribution in [2.75, 3.05) is 13.6 Å². The third kappa shape index (κ3) is 6.79. The zero-order chi connectivity index (χ0) is 12.2. The number of nitrogens with zero attached hydrogens (tertiary/aromatic N) is 1. The molecule has 0 saturated heterocycles. The number of benzene rings is 1. The van der Waals surface area contributed by atoms with Gasteiger partial charge in [0.15, 0.2) is 0 Å². The zero-order valence-electron chi connectivity index (χ0n) is 10.2. The number of likely N-dealkylation sites (N-methyl/N-ethyl adjacent to an activating group) is 1. The number of rotatable bonds is 5. The Morgan fingerprint density at radius 2 is 1.76 bits per heavy atom. The van der Waals surface area contributed by atoms with E-state index in [1.54, 1.807) is 11.9 Å². The Morgan fingerprint density at radius 3 is 2.24 bits per heavy atom. The second-order valence-corrected chi connectivity index (χ2v) is 3.89. The normalized spacial score (nSPS) is 11.1. The molecule has 1 aromatic rings. The minimum atomic E-state index is -4.92. The van der Waals surface area contributed by atoms with Gasteiger partial charge in [-0.3, -0.25) is 0 Å². The van der Waals surface area contributed by atoms with E-state index in [-0.39, 0.29) is 57.9 Å². The summed E-state index contributed by atoms with van der Waals surface area (Å²) >= 11 is 0. The molecule has 17 heavy (non-hydrogen) atoms. The van der Waals surface area contributed by atoms with Gasteiger partial charge in [0.25, 0.3) is 0 Å². The van der Waals surface area contributed by atoms with Crippen LogP contribution in [0.3, 0.4) is 0 Å². The Morgan fingerprint density at radius 1 is 1.24 bits per heavy atom. The minimum Gasteiger partial charge on any atom is -0.445 e. The summed E-state index contributed by atoms with van der Waals surface area (Å²) in [5.74, 6) is 0. The van der Waals surface area contributed by atoms with Crippen LogP contribution >= 0.6 is 0 Å². The molecule has 0 bridgehead atoms. The molecule has 0 heterocycles. The first-order chi connectivity index (χ1) is 7.39. The van der Waals surface area contributed by atoms with E-state index in [9.17, 15) is 12.9 Å². The van der Waals surface area contributed by atoms with Crippen LogP contribution in [0, 0.1) is 0 Å². The van der Waals surface area contributed by atoms with Crippen molar-refractivity contribution >= 4 is 58.4 Å². The third-order valence-corrected chi connectivity index (χ3v) is 2.23. The molecule has 0 aliphatic heterocycles. The van der Waals surface area contributed by atoms with Gasteiger partial charge in [0.05, 0.1) is 0 Å². The molecule has 89 valence electrons. The minimum absolute atomic E-state index is 0. The predicted octanol–water partition coefficient (Wildman–Crippen LogP) is 2.68. The predicted molar refractivity (Wildman–Crippen MR) is 66.7 cm³/mol. The Kier molecular flexibility index (Phi) is 7.95. The molecule has 6 heteroatoms. The van der Waals surface area contributed by atoms with Gasteiger partial charge in [-0.25, -0.2) is 0 Å². The summed E-state index contributed by atoms with van der Waals surface area (Å²) in [4.78, 5) is 1.60. The van der Waals surface area contributed by atoms with Gasteiger partial charge in [-0.05, 0) is 19.2 Å². The molecular weight excluding hydrogens is 253 g/mol. The average Bonchev–Trinajstić information content (AvgIpc) is 2.17. The first-order valence-corrected chi connectivity index (χ1v) is 4.99. The molecule has 0 atom stereocenters. The summed E-state index contributed by atoms with van der Waals surface area (Å²) in [7, 11) is 1.65. The molecule has 1 nitrogen and oxygen atoms in total. The SMILES string of the molecule is C=C(CN(C)Cc1ccccc1)[B-](F)(F)F.[K]. The van der Waals surface area contributed by atoms with Crippen molar-refractivity contribution < 1.29 is 12.9 Å². The monoisotopic (exact) mass is 267 g/mol. The van der Waals surface area contributed by atoms with E-state index in [0.717, 1.165) is 5.56 Å². The largest absolute Gasteiger partial charge is 0.506 e. The molecule has 1 rings (SSSR count). The smallest absolute Gasteiger partial charge is 0.445 e. The van der Waals surface area contributed by atoms with Crippen molar-refractivity contribution in [3.05, 3.63) is 47.9 Å². The van der Waals surface area contributed by atoms with Crippen LogP contribution in [0.15, 0.2) is 42.4 Å². The molecule has 0 unspecified atom stereocenters. The van der Waals surface area contributed by atoms with Crippen LogP contribution in [0.4, 0.5) is 12.9 Å². The van der Waals surface area contributed by atoms with Gasteiger partial charge in [0.1, 0.15) is 0 Å². The average molecular weight is 267 g/mol. The van der Waals surface area contributed by atoms with Crippen LogP contribution < -0.4 is 0 Å². The van der Waals surface area contributed by atoms with Gasteiger partial charge in [0, 0.05) is 57.9 Å².